The number of hydrogen-bond acceptors (Lipinski definition) is 3. The molecule has 1 aromatic heterocycles. The standard InChI is InChI=1S/C5H2ClF2NO2S/c6-12(10,11)3-1-2-9-5(8)4(3)7/h1-2H. The minimum absolute atomic E-state index is 0.779. The Labute approximate surface area is 71.4 Å². The molecule has 0 saturated carbocycles. The van der Waals surface area contributed by atoms with Crippen LogP contribution in [-0.4, -0.2) is 13.4 Å². The third-order valence-corrected chi connectivity index (χ3v) is 2.41. The van der Waals surface area contributed by atoms with Crippen LogP contribution >= 0.6 is 10.7 Å². The third kappa shape index (κ3) is 1.70. The van der Waals surface area contributed by atoms with E-state index in [1.807, 2.05) is 0 Å². The molecule has 0 radical (unpaired) electrons. The summed E-state index contributed by atoms with van der Waals surface area (Å²) in [5, 5.41) is 0. The molecule has 0 aliphatic heterocycles. The van der Waals surface area contributed by atoms with Crippen LogP contribution in [0, 0.1) is 11.8 Å². The Kier molecular flexibility index (Phi) is 2.29. The zero-order chi connectivity index (χ0) is 9.35. The molecule has 0 saturated heterocycles. The smallest absolute Gasteiger partial charge is 0.226 e. The van der Waals surface area contributed by atoms with E-state index in [-0.39, 0.29) is 0 Å². The van der Waals surface area contributed by atoms with Crippen molar-refractivity contribution in [2.24, 2.45) is 0 Å². The molecule has 0 unspecified atom stereocenters. The number of rotatable bonds is 1. The van der Waals surface area contributed by atoms with Crippen LogP contribution in [0.3, 0.4) is 0 Å². The summed E-state index contributed by atoms with van der Waals surface area (Å²) >= 11 is 0. The lowest BCUT2D eigenvalue weighted by molar-refractivity contribution is 0.459. The van der Waals surface area contributed by atoms with Crippen LogP contribution in [0.2, 0.25) is 0 Å². The van der Waals surface area contributed by atoms with E-state index in [1.54, 1.807) is 0 Å². The van der Waals surface area contributed by atoms with Crippen molar-refractivity contribution in [3.8, 4) is 0 Å². The Morgan fingerprint density at radius 2 is 2.00 bits per heavy atom. The number of halogens is 3. The van der Waals surface area contributed by atoms with Gasteiger partial charge in [0.1, 0.15) is 4.90 Å². The molecule has 0 amide bonds. The van der Waals surface area contributed by atoms with Gasteiger partial charge >= 0.3 is 0 Å². The molecular weight excluding hydrogens is 212 g/mol. The summed E-state index contributed by atoms with van der Waals surface area (Å²) in [6.07, 6.45) is 0.813. The molecule has 7 heteroatoms. The van der Waals surface area contributed by atoms with Crippen LogP contribution in [0.25, 0.3) is 0 Å². The SMILES string of the molecule is O=S(=O)(Cl)c1ccnc(F)c1F. The lowest BCUT2D eigenvalue weighted by Crippen LogP contribution is -1.99. The molecule has 0 bridgehead atoms. The average Bonchev–Trinajstić information content (AvgIpc) is 1.92. The molecule has 0 aliphatic rings. The van der Waals surface area contributed by atoms with E-state index in [1.165, 1.54) is 0 Å². The molecule has 12 heavy (non-hydrogen) atoms. The van der Waals surface area contributed by atoms with E-state index in [0.717, 1.165) is 12.3 Å². The first-order chi connectivity index (χ1) is 5.43. The number of nitrogens with zero attached hydrogens (tertiary/aromatic N) is 1. The number of hydrogen-bond donors (Lipinski definition) is 0. The van der Waals surface area contributed by atoms with E-state index in [2.05, 4.69) is 4.98 Å². The van der Waals surface area contributed by atoms with Crippen molar-refractivity contribution in [2.45, 2.75) is 4.90 Å². The molecule has 0 atom stereocenters. The fourth-order valence-electron chi connectivity index (χ4n) is 0.590. The molecule has 66 valence electrons. The van der Waals surface area contributed by atoms with Gasteiger partial charge in [-0.15, -0.1) is 0 Å². The van der Waals surface area contributed by atoms with Gasteiger partial charge in [0.05, 0.1) is 0 Å². The lowest BCUT2D eigenvalue weighted by Gasteiger charge is -1.96. The van der Waals surface area contributed by atoms with Crippen LogP contribution in [0.5, 0.6) is 0 Å². The quantitative estimate of drug-likeness (QED) is 0.522. The largest absolute Gasteiger partial charge is 0.264 e. The summed E-state index contributed by atoms with van der Waals surface area (Å²) in [7, 11) is 0.535. The Bertz CT molecular complexity index is 406. The second-order valence-corrected chi connectivity index (χ2v) is 4.39. The van der Waals surface area contributed by atoms with Crippen LogP contribution in [0.4, 0.5) is 8.78 Å². The molecule has 1 aromatic rings. The fraction of sp³-hybridized carbons (Fsp3) is 0. The van der Waals surface area contributed by atoms with Crippen molar-refractivity contribution in [3.05, 3.63) is 24.0 Å². The normalized spacial score (nSPS) is 11.6. The third-order valence-electron chi connectivity index (χ3n) is 1.07. The number of aromatic nitrogens is 1. The molecule has 0 aliphatic carbocycles. The van der Waals surface area contributed by atoms with E-state index in [0.29, 0.717) is 0 Å². The highest BCUT2D eigenvalue weighted by Crippen LogP contribution is 2.18. The Morgan fingerprint density at radius 1 is 1.42 bits per heavy atom. The van der Waals surface area contributed by atoms with Gasteiger partial charge in [0.25, 0.3) is 9.05 Å². The maximum atomic E-state index is 12.6. The summed E-state index contributed by atoms with van der Waals surface area (Å²) in [5.41, 5.74) is 0. The second kappa shape index (κ2) is 2.95. The van der Waals surface area contributed by atoms with Gasteiger partial charge in [-0.25, -0.2) is 17.8 Å². The van der Waals surface area contributed by atoms with E-state index in [4.69, 9.17) is 10.7 Å². The molecule has 0 fully saturated rings. The van der Waals surface area contributed by atoms with Gasteiger partial charge in [-0.1, -0.05) is 0 Å². The van der Waals surface area contributed by atoms with Crippen LogP contribution < -0.4 is 0 Å². The molecular formula is C5H2ClF2NO2S. The highest BCUT2D eigenvalue weighted by Gasteiger charge is 2.19. The molecule has 1 rings (SSSR count). The first-order valence-corrected chi connectivity index (χ1v) is 4.98. The summed E-state index contributed by atoms with van der Waals surface area (Å²) in [5.74, 6) is -3.05. The van der Waals surface area contributed by atoms with E-state index < -0.39 is 25.7 Å². The first kappa shape index (κ1) is 9.34. The molecule has 0 aromatic carbocycles. The summed E-state index contributed by atoms with van der Waals surface area (Å²) in [4.78, 5) is 1.98. The Hall–Kier alpha value is -0.750. The zero-order valence-electron chi connectivity index (χ0n) is 5.46. The van der Waals surface area contributed by atoms with Gasteiger partial charge in [0, 0.05) is 16.9 Å². The van der Waals surface area contributed by atoms with Crippen LogP contribution in [0.1, 0.15) is 0 Å². The molecule has 0 N–H and O–H groups in total. The van der Waals surface area contributed by atoms with Gasteiger partial charge in [-0.3, -0.25) is 0 Å². The predicted molar refractivity (Wildman–Crippen MR) is 37.2 cm³/mol. The van der Waals surface area contributed by atoms with Gasteiger partial charge in [0.2, 0.25) is 5.95 Å². The minimum atomic E-state index is -4.24. The maximum Gasteiger partial charge on any atom is 0.264 e. The average molecular weight is 214 g/mol. The van der Waals surface area contributed by atoms with Gasteiger partial charge in [-0.05, 0) is 6.07 Å². The molecule has 0 spiro atoms. The zero-order valence-corrected chi connectivity index (χ0v) is 7.03. The van der Waals surface area contributed by atoms with E-state index in [9.17, 15) is 17.2 Å². The predicted octanol–water partition coefficient (Wildman–Crippen LogP) is 1.29. The van der Waals surface area contributed by atoms with Gasteiger partial charge in [0.15, 0.2) is 5.82 Å². The van der Waals surface area contributed by atoms with Crippen molar-refractivity contribution in [1.29, 1.82) is 0 Å². The maximum absolute atomic E-state index is 12.6. The summed E-state index contributed by atoms with van der Waals surface area (Å²) < 4.78 is 46.0. The highest BCUT2D eigenvalue weighted by molar-refractivity contribution is 8.13. The molecule has 1 heterocycles. The molecule has 3 nitrogen and oxygen atoms in total. The van der Waals surface area contributed by atoms with Crippen LogP contribution in [-0.2, 0) is 9.05 Å². The van der Waals surface area contributed by atoms with Crippen molar-refractivity contribution >= 4 is 19.7 Å². The topological polar surface area (TPSA) is 47.0 Å². The second-order valence-electron chi connectivity index (χ2n) is 1.85. The van der Waals surface area contributed by atoms with E-state index >= 15 is 0 Å². The monoisotopic (exact) mass is 213 g/mol. The lowest BCUT2D eigenvalue weighted by atomic mass is 10.5. The first-order valence-electron chi connectivity index (χ1n) is 2.67. The van der Waals surface area contributed by atoms with Crippen molar-refractivity contribution in [2.75, 3.05) is 0 Å². The summed E-state index contributed by atoms with van der Waals surface area (Å²) in [6, 6.07) is 0.779. The Balaban J connectivity index is 3.47. The summed E-state index contributed by atoms with van der Waals surface area (Å²) in [6.45, 7) is 0. The highest BCUT2D eigenvalue weighted by atomic mass is 35.7. The van der Waals surface area contributed by atoms with Crippen molar-refractivity contribution in [1.82, 2.24) is 4.98 Å². The van der Waals surface area contributed by atoms with Crippen molar-refractivity contribution in [3.63, 3.8) is 0 Å². The fourth-order valence-corrected chi connectivity index (χ4v) is 1.47. The number of pyridine rings is 1. The van der Waals surface area contributed by atoms with Crippen molar-refractivity contribution < 1.29 is 17.2 Å². The minimum Gasteiger partial charge on any atom is -0.226 e. The van der Waals surface area contributed by atoms with Gasteiger partial charge in [-0.2, -0.15) is 4.39 Å². The van der Waals surface area contributed by atoms with Crippen LogP contribution in [0.15, 0.2) is 17.2 Å². The Morgan fingerprint density at radius 3 is 2.42 bits per heavy atom. The van der Waals surface area contributed by atoms with Gasteiger partial charge < -0.3 is 0 Å².